The van der Waals surface area contributed by atoms with Crippen molar-refractivity contribution in [3.05, 3.63) is 46.2 Å². The van der Waals surface area contributed by atoms with Gasteiger partial charge in [0.2, 0.25) is 0 Å². The highest BCUT2D eigenvalue weighted by atomic mass is 32.1. The SMILES string of the molecule is CCN(Cc1cccs1)C[C@]1(C(=O)CO)CCC2[C@@H]3CCC4=CC(=O)C=C[C@]4(C)C3C(O)C[C@@]21C. The minimum Gasteiger partial charge on any atom is -0.393 e. The highest BCUT2D eigenvalue weighted by molar-refractivity contribution is 7.09. The third kappa shape index (κ3) is 3.75. The number of carbonyl (C=O) groups is 2. The standard InChI is InChI=1S/C29H39NO4S/c1-4-30(16-21-6-5-13-35-21)18-29(25(34)17-31)12-10-23-22-8-7-19-14-20(32)9-11-27(19,2)26(22)24(33)15-28(23,29)3/h5-6,9,11,13-14,22-24,26,31,33H,4,7-8,10,12,15-18H2,1-3H3/t22-,23?,24?,26?,27-,28-,29-/m0/s1. The van der Waals surface area contributed by atoms with Gasteiger partial charge >= 0.3 is 0 Å². The Morgan fingerprint density at radius 2 is 2.09 bits per heavy atom. The monoisotopic (exact) mass is 497 g/mol. The van der Waals surface area contributed by atoms with Crippen LogP contribution in [0, 0.1) is 34.0 Å². The zero-order valence-electron chi connectivity index (χ0n) is 21.2. The molecule has 1 heterocycles. The zero-order chi connectivity index (χ0) is 25.0. The molecule has 7 atom stereocenters. The number of carbonyl (C=O) groups excluding carboxylic acids is 2. The highest BCUT2D eigenvalue weighted by Crippen LogP contribution is 2.69. The van der Waals surface area contributed by atoms with Gasteiger partial charge in [0.15, 0.2) is 11.6 Å². The maximum absolute atomic E-state index is 13.6. The predicted molar refractivity (Wildman–Crippen MR) is 138 cm³/mol. The number of allylic oxidation sites excluding steroid dienone is 4. The smallest absolute Gasteiger partial charge is 0.178 e. The molecule has 0 amide bonds. The first-order chi connectivity index (χ1) is 16.7. The molecule has 0 aliphatic heterocycles. The molecule has 2 N–H and O–H groups in total. The van der Waals surface area contributed by atoms with Gasteiger partial charge in [0.05, 0.1) is 6.10 Å². The van der Waals surface area contributed by atoms with Gasteiger partial charge in [-0.3, -0.25) is 14.5 Å². The predicted octanol–water partition coefficient (Wildman–Crippen LogP) is 4.40. The van der Waals surface area contributed by atoms with Crippen molar-refractivity contribution in [2.75, 3.05) is 19.7 Å². The Balaban J connectivity index is 1.50. The summed E-state index contributed by atoms with van der Waals surface area (Å²) in [7, 11) is 0. The van der Waals surface area contributed by atoms with Crippen LogP contribution in [0.2, 0.25) is 0 Å². The first-order valence-electron chi connectivity index (χ1n) is 13.2. The molecule has 190 valence electrons. The lowest BCUT2D eigenvalue weighted by Crippen LogP contribution is -2.61. The quantitative estimate of drug-likeness (QED) is 0.584. The first-order valence-corrected chi connectivity index (χ1v) is 14.1. The van der Waals surface area contributed by atoms with E-state index in [9.17, 15) is 19.8 Å². The molecule has 0 aromatic carbocycles. The van der Waals surface area contributed by atoms with Crippen LogP contribution in [0.4, 0.5) is 0 Å². The third-order valence-electron chi connectivity index (χ3n) is 10.4. The molecular formula is C29H39NO4S. The van der Waals surface area contributed by atoms with E-state index in [4.69, 9.17) is 0 Å². The molecule has 3 fully saturated rings. The van der Waals surface area contributed by atoms with E-state index in [0.717, 1.165) is 44.3 Å². The Bertz CT molecular complexity index is 1050. The number of hydrogen-bond donors (Lipinski definition) is 2. The second-order valence-corrected chi connectivity index (χ2v) is 12.8. The van der Waals surface area contributed by atoms with Gasteiger partial charge in [-0.05, 0) is 79.5 Å². The minimum atomic E-state index is -0.666. The van der Waals surface area contributed by atoms with Crippen LogP contribution in [0.3, 0.4) is 0 Å². The Labute approximate surface area is 212 Å². The molecule has 4 aliphatic carbocycles. The number of hydrogen-bond acceptors (Lipinski definition) is 6. The summed E-state index contributed by atoms with van der Waals surface area (Å²) in [6, 6.07) is 4.20. The fourth-order valence-electron chi connectivity index (χ4n) is 8.68. The Kier molecular flexibility index (Phi) is 6.48. The van der Waals surface area contributed by atoms with Crippen LogP contribution in [0.5, 0.6) is 0 Å². The van der Waals surface area contributed by atoms with Crippen LogP contribution < -0.4 is 0 Å². The average Bonchev–Trinajstić information content (AvgIpc) is 3.44. The number of thiophene rings is 1. The van der Waals surface area contributed by atoms with Gasteiger partial charge in [-0.2, -0.15) is 0 Å². The fraction of sp³-hybridized carbons (Fsp3) is 0.655. The minimum absolute atomic E-state index is 0.0462. The van der Waals surface area contributed by atoms with Gasteiger partial charge < -0.3 is 10.2 Å². The Hall–Kier alpha value is -1.60. The van der Waals surface area contributed by atoms with Crippen LogP contribution in [0.25, 0.3) is 0 Å². The van der Waals surface area contributed by atoms with Crippen LogP contribution in [-0.2, 0) is 16.1 Å². The molecule has 0 bridgehead atoms. The molecular weight excluding hydrogens is 458 g/mol. The third-order valence-corrected chi connectivity index (χ3v) is 11.3. The van der Waals surface area contributed by atoms with Gasteiger partial charge in [-0.25, -0.2) is 0 Å². The normalized spacial score (nSPS) is 40.3. The molecule has 0 radical (unpaired) electrons. The summed E-state index contributed by atoms with van der Waals surface area (Å²) in [5.74, 6) is 0.646. The summed E-state index contributed by atoms with van der Waals surface area (Å²) in [6.07, 6.45) is 9.03. The van der Waals surface area contributed by atoms with Crippen LogP contribution in [0.15, 0.2) is 41.3 Å². The summed E-state index contributed by atoms with van der Waals surface area (Å²) in [6.45, 7) is 8.36. The van der Waals surface area contributed by atoms with Crippen molar-refractivity contribution in [1.29, 1.82) is 0 Å². The molecule has 0 saturated heterocycles. The second-order valence-electron chi connectivity index (χ2n) is 11.8. The van der Waals surface area contributed by atoms with Crippen LogP contribution in [0.1, 0.15) is 57.8 Å². The van der Waals surface area contributed by atoms with Crippen molar-refractivity contribution in [2.24, 2.45) is 34.0 Å². The van der Waals surface area contributed by atoms with E-state index in [2.05, 4.69) is 43.2 Å². The topological polar surface area (TPSA) is 77.8 Å². The van der Waals surface area contributed by atoms with Crippen molar-refractivity contribution in [3.8, 4) is 0 Å². The lowest BCUT2D eigenvalue weighted by atomic mass is 9.44. The Morgan fingerprint density at radius 1 is 1.29 bits per heavy atom. The first kappa shape index (κ1) is 25.1. The largest absolute Gasteiger partial charge is 0.393 e. The van der Waals surface area contributed by atoms with Crippen molar-refractivity contribution < 1.29 is 19.8 Å². The lowest BCUT2D eigenvalue weighted by molar-refractivity contribution is -0.161. The maximum Gasteiger partial charge on any atom is 0.178 e. The van der Waals surface area contributed by atoms with Crippen LogP contribution >= 0.6 is 11.3 Å². The molecule has 6 heteroatoms. The molecule has 0 spiro atoms. The molecule has 3 unspecified atom stereocenters. The molecule has 1 aromatic rings. The summed E-state index contributed by atoms with van der Waals surface area (Å²) in [5.41, 5.74) is -0.195. The van der Waals surface area contributed by atoms with Crippen LogP contribution in [-0.4, -0.2) is 52.5 Å². The number of rotatable bonds is 7. The van der Waals surface area contributed by atoms with Crippen molar-refractivity contribution in [3.63, 3.8) is 0 Å². The maximum atomic E-state index is 13.6. The zero-order valence-corrected chi connectivity index (χ0v) is 22.0. The van der Waals surface area contributed by atoms with Gasteiger partial charge in [0.25, 0.3) is 0 Å². The summed E-state index contributed by atoms with van der Waals surface area (Å²) < 4.78 is 0. The van der Waals surface area contributed by atoms with Crippen molar-refractivity contribution in [1.82, 2.24) is 4.90 Å². The number of ketones is 2. The molecule has 5 nitrogen and oxygen atoms in total. The van der Waals surface area contributed by atoms with Gasteiger partial charge in [-0.15, -0.1) is 11.3 Å². The Morgan fingerprint density at radius 3 is 2.77 bits per heavy atom. The summed E-state index contributed by atoms with van der Waals surface area (Å²) in [4.78, 5) is 29.3. The number of aliphatic hydroxyl groups excluding tert-OH is 2. The van der Waals surface area contributed by atoms with E-state index in [1.807, 2.05) is 6.08 Å². The highest BCUT2D eigenvalue weighted by Gasteiger charge is 2.68. The van der Waals surface area contributed by atoms with E-state index in [0.29, 0.717) is 24.8 Å². The van der Waals surface area contributed by atoms with E-state index in [1.54, 1.807) is 23.5 Å². The second kappa shape index (κ2) is 9.05. The molecule has 4 aliphatic rings. The van der Waals surface area contributed by atoms with E-state index in [-0.39, 0.29) is 28.3 Å². The number of nitrogens with zero attached hydrogens (tertiary/aromatic N) is 1. The summed E-state index contributed by atoms with van der Waals surface area (Å²) in [5, 5.41) is 24.0. The average molecular weight is 498 g/mol. The van der Waals surface area contributed by atoms with Gasteiger partial charge in [-0.1, -0.05) is 38.5 Å². The van der Waals surface area contributed by atoms with E-state index in [1.165, 1.54) is 4.88 Å². The number of aliphatic hydroxyl groups is 2. The van der Waals surface area contributed by atoms with Crippen molar-refractivity contribution >= 4 is 22.9 Å². The lowest BCUT2D eigenvalue weighted by Gasteiger charge is -2.60. The number of Topliss-reactive ketones (excluding diaryl/α,β-unsaturated/α-hetero) is 1. The van der Waals surface area contributed by atoms with Gasteiger partial charge in [0, 0.05) is 34.7 Å². The van der Waals surface area contributed by atoms with Crippen molar-refractivity contribution in [2.45, 2.75) is 65.5 Å². The number of fused-ring (bicyclic) bond motifs is 5. The van der Waals surface area contributed by atoms with E-state index >= 15 is 0 Å². The molecule has 5 rings (SSSR count). The molecule has 1 aromatic heterocycles. The van der Waals surface area contributed by atoms with E-state index < -0.39 is 18.1 Å². The molecule has 3 saturated carbocycles. The molecule has 35 heavy (non-hydrogen) atoms. The fourth-order valence-corrected chi connectivity index (χ4v) is 9.43. The van der Waals surface area contributed by atoms with Gasteiger partial charge in [0.1, 0.15) is 6.61 Å². The summed E-state index contributed by atoms with van der Waals surface area (Å²) >= 11 is 1.73.